The van der Waals surface area contributed by atoms with Gasteiger partial charge in [0.2, 0.25) is 0 Å². The first-order valence-corrected chi connectivity index (χ1v) is 17.5. The minimum absolute atomic E-state index is 0.140. The Morgan fingerprint density at radius 3 is 1.27 bits per heavy atom. The lowest BCUT2D eigenvalue weighted by atomic mass is 9.99. The number of para-hydroxylation sites is 2. The van der Waals surface area contributed by atoms with Gasteiger partial charge in [-0.15, -0.1) is 0 Å². The van der Waals surface area contributed by atoms with Gasteiger partial charge in [-0.3, -0.25) is 0 Å². The molecule has 0 unspecified atom stereocenters. The normalized spacial score (nSPS) is 17.1. The van der Waals surface area contributed by atoms with Gasteiger partial charge in [-0.25, -0.2) is 0 Å². The summed E-state index contributed by atoms with van der Waals surface area (Å²) in [5, 5.41) is 2.63. The van der Waals surface area contributed by atoms with Crippen LogP contribution in [0.3, 0.4) is 0 Å². The van der Waals surface area contributed by atoms with Gasteiger partial charge in [0.1, 0.15) is 0 Å². The van der Waals surface area contributed by atoms with Crippen molar-refractivity contribution in [1.29, 1.82) is 0 Å². The summed E-state index contributed by atoms with van der Waals surface area (Å²) in [4.78, 5) is 0. The number of benzene rings is 9. The van der Waals surface area contributed by atoms with Crippen LogP contribution in [0.4, 0.5) is 0 Å². The molecule has 2 heterocycles. The second-order valence-electron chi connectivity index (χ2n) is 12.9. The smallest absolute Gasteiger partial charge is 0.0651 e. The highest BCUT2D eigenvalue weighted by molar-refractivity contribution is 6.12. The number of rotatable bonds is 6. The first-order chi connectivity index (χ1) is 36.9. The molecule has 0 saturated carbocycles. The number of fused-ring (bicyclic) bond motifs is 6. The summed E-state index contributed by atoms with van der Waals surface area (Å²) in [6.07, 6.45) is 0. The van der Waals surface area contributed by atoms with Crippen LogP contribution in [0, 0.1) is 0 Å². The molecular weight excluding hydrogens is 677 g/mol. The third-order valence-electron chi connectivity index (χ3n) is 9.72. The highest BCUT2D eigenvalue weighted by Gasteiger charge is 2.16. The standard InChI is InChI=1S/C54H36N2/c1-3-13-37(14-4-1)40-17-11-18-41(33-40)39-25-29-45(30-26-39)55-51-23-9-7-21-47(51)49-35-43(27-31-53(49)55)44-28-32-54-50(36-44)48-22-8-10-24-52(48)56(54)46-20-12-19-42(34-46)38-15-5-2-6-16-38/h1-36H/i1D,2D,3D,4D,5D,6D,11D,12D,13D,14D,15D,16D,17D,18D,19D,20D,25D,26D,29D,30D,33D,34D. The van der Waals surface area contributed by atoms with Crippen molar-refractivity contribution in [2.45, 2.75) is 0 Å². The third kappa shape index (κ3) is 5.34. The van der Waals surface area contributed by atoms with E-state index in [-0.39, 0.29) is 11.4 Å². The SMILES string of the molecule is [2H]c1c([2H])c([2H])c(-c2c([2H])c([2H])c([2H])c(-c3c([2H])c([2H])c(-n4c5ccccc5c5cc(-c6ccc7c(c6)c6ccccc6n7-c6c([2H])c([2H])c([2H])c(-c7c([2H])c([2H])c([2H])c([2H])c7[2H])c6[2H])ccc54)c([2H])c3[2H])c2[2H])c([2H])c1[2H]. The molecular formula is C54H36N2. The van der Waals surface area contributed by atoms with Gasteiger partial charge in [0, 0.05) is 32.9 Å². The summed E-state index contributed by atoms with van der Waals surface area (Å²) >= 11 is 0. The van der Waals surface area contributed by atoms with Crippen LogP contribution >= 0.6 is 0 Å². The summed E-state index contributed by atoms with van der Waals surface area (Å²) in [6, 6.07) is 9.98. The molecule has 11 aromatic rings. The molecule has 0 aliphatic carbocycles. The van der Waals surface area contributed by atoms with E-state index in [1.54, 1.807) is 57.7 Å². The van der Waals surface area contributed by atoms with E-state index in [1.165, 1.54) is 0 Å². The molecule has 0 fully saturated rings. The van der Waals surface area contributed by atoms with Crippen molar-refractivity contribution in [3.05, 3.63) is 218 Å². The second-order valence-corrected chi connectivity index (χ2v) is 12.9. The van der Waals surface area contributed by atoms with Gasteiger partial charge in [0.15, 0.2) is 0 Å². The Labute approximate surface area is 356 Å². The second kappa shape index (κ2) is 13.2. The van der Waals surface area contributed by atoms with Crippen molar-refractivity contribution in [2.24, 2.45) is 0 Å². The van der Waals surface area contributed by atoms with E-state index in [0.29, 0.717) is 54.7 Å². The van der Waals surface area contributed by atoms with Crippen molar-refractivity contribution in [2.75, 3.05) is 0 Å². The molecule has 0 spiro atoms. The van der Waals surface area contributed by atoms with Gasteiger partial charge in [0.05, 0.1) is 52.2 Å². The molecule has 0 aliphatic heterocycles. The van der Waals surface area contributed by atoms with Crippen LogP contribution < -0.4 is 0 Å². The molecule has 0 N–H and O–H groups in total. The monoisotopic (exact) mass is 734 g/mol. The summed E-state index contributed by atoms with van der Waals surface area (Å²) in [6.45, 7) is 0. The summed E-state index contributed by atoms with van der Waals surface area (Å²) in [5.41, 5.74) is -0.165. The molecule has 9 aromatic carbocycles. The number of aromatic nitrogens is 2. The molecule has 2 aromatic heterocycles. The van der Waals surface area contributed by atoms with E-state index < -0.39 is 166 Å². The molecule has 0 bridgehead atoms. The zero-order valence-corrected chi connectivity index (χ0v) is 29.0. The Bertz CT molecular complexity index is 4450. The van der Waals surface area contributed by atoms with Crippen LogP contribution in [0.5, 0.6) is 0 Å². The summed E-state index contributed by atoms with van der Waals surface area (Å²) in [5.74, 6) is 0. The fourth-order valence-electron chi connectivity index (χ4n) is 7.24. The van der Waals surface area contributed by atoms with E-state index in [1.807, 2.05) is 36.4 Å². The van der Waals surface area contributed by atoms with Gasteiger partial charge >= 0.3 is 0 Å². The predicted molar refractivity (Wildman–Crippen MR) is 237 cm³/mol. The van der Waals surface area contributed by atoms with Crippen LogP contribution in [0.15, 0.2) is 218 Å². The number of hydrogen-bond donors (Lipinski definition) is 0. The molecule has 56 heavy (non-hydrogen) atoms. The lowest BCUT2D eigenvalue weighted by molar-refractivity contribution is 1.18. The van der Waals surface area contributed by atoms with Crippen molar-refractivity contribution in [3.8, 4) is 55.9 Å². The third-order valence-corrected chi connectivity index (χ3v) is 9.72. The molecule has 2 nitrogen and oxygen atoms in total. The van der Waals surface area contributed by atoms with E-state index in [4.69, 9.17) is 21.9 Å². The minimum Gasteiger partial charge on any atom is -0.309 e. The van der Waals surface area contributed by atoms with Gasteiger partial charge in [-0.05, 0) is 111 Å². The summed E-state index contributed by atoms with van der Waals surface area (Å²) in [7, 11) is 0. The van der Waals surface area contributed by atoms with Gasteiger partial charge in [0.25, 0.3) is 0 Å². The first kappa shape index (κ1) is 16.9. The number of hydrogen-bond acceptors (Lipinski definition) is 0. The maximum absolute atomic E-state index is 9.48. The maximum atomic E-state index is 9.48. The van der Waals surface area contributed by atoms with Crippen LogP contribution in [0.1, 0.15) is 30.2 Å². The van der Waals surface area contributed by atoms with Crippen LogP contribution in [-0.4, -0.2) is 9.13 Å². The Balaban J connectivity index is 1.08. The molecule has 2 heteroatoms. The Hall–Kier alpha value is -7.42. The lowest BCUT2D eigenvalue weighted by Gasteiger charge is -2.11. The molecule has 0 aliphatic rings. The molecule has 0 radical (unpaired) electrons. The van der Waals surface area contributed by atoms with Crippen LogP contribution in [0.2, 0.25) is 0 Å². The van der Waals surface area contributed by atoms with Crippen molar-refractivity contribution < 1.29 is 30.2 Å². The quantitative estimate of drug-likeness (QED) is 0.161. The zero-order chi connectivity index (χ0) is 56.1. The zero-order valence-electron chi connectivity index (χ0n) is 51.0. The molecule has 0 atom stereocenters. The molecule has 0 amide bonds. The fourth-order valence-corrected chi connectivity index (χ4v) is 7.24. The highest BCUT2D eigenvalue weighted by Crippen LogP contribution is 2.39. The minimum atomic E-state index is -0.831. The van der Waals surface area contributed by atoms with E-state index in [0.717, 1.165) is 0 Å². The van der Waals surface area contributed by atoms with Crippen molar-refractivity contribution in [3.63, 3.8) is 0 Å². The highest BCUT2D eigenvalue weighted by atomic mass is 15.0. The molecule has 11 rings (SSSR count). The summed E-state index contributed by atoms with van der Waals surface area (Å²) < 4.78 is 196. The molecule has 262 valence electrons. The van der Waals surface area contributed by atoms with Gasteiger partial charge in [-0.1, -0.05) is 151 Å². The van der Waals surface area contributed by atoms with E-state index >= 15 is 0 Å². The average Bonchev–Trinajstić information content (AvgIpc) is 4.10. The lowest BCUT2D eigenvalue weighted by Crippen LogP contribution is -1.94. The van der Waals surface area contributed by atoms with Crippen LogP contribution in [-0.2, 0) is 0 Å². The predicted octanol–water partition coefficient (Wildman–Crippen LogP) is 14.5. The largest absolute Gasteiger partial charge is 0.309 e. The van der Waals surface area contributed by atoms with Crippen molar-refractivity contribution >= 4 is 43.6 Å². The Morgan fingerprint density at radius 1 is 0.286 bits per heavy atom. The van der Waals surface area contributed by atoms with Gasteiger partial charge < -0.3 is 9.13 Å². The topological polar surface area (TPSA) is 9.86 Å². The Kier molecular flexibility index (Phi) is 3.98. The van der Waals surface area contributed by atoms with Crippen LogP contribution in [0.25, 0.3) is 99.5 Å². The molecule has 0 saturated heterocycles. The Morgan fingerprint density at radius 2 is 0.714 bits per heavy atom. The van der Waals surface area contributed by atoms with E-state index in [2.05, 4.69) is 0 Å². The fraction of sp³-hybridized carbons (Fsp3) is 0. The number of nitrogens with zero attached hydrogens (tertiary/aromatic N) is 2. The first-order valence-electron chi connectivity index (χ1n) is 28.5. The van der Waals surface area contributed by atoms with Gasteiger partial charge in [-0.2, -0.15) is 0 Å². The van der Waals surface area contributed by atoms with E-state index in [9.17, 15) is 8.22 Å². The van der Waals surface area contributed by atoms with Crippen molar-refractivity contribution in [1.82, 2.24) is 9.13 Å². The maximum Gasteiger partial charge on any atom is 0.0651 e. The average molecular weight is 735 g/mol.